The normalized spacial score (nSPS) is 12.5. The summed E-state index contributed by atoms with van der Waals surface area (Å²) in [5.74, 6) is 0. The summed E-state index contributed by atoms with van der Waals surface area (Å²) in [6.07, 6.45) is 0. The topological polar surface area (TPSA) is 23.0 Å². The van der Waals surface area contributed by atoms with Gasteiger partial charge in [-0.1, -0.05) is 59.7 Å². The van der Waals surface area contributed by atoms with Gasteiger partial charge in [0, 0.05) is 26.8 Å². The maximum atomic E-state index is 7.00. The van der Waals surface area contributed by atoms with Crippen molar-refractivity contribution in [2.45, 2.75) is 27.7 Å². The molecule has 0 aliphatic heterocycles. The van der Waals surface area contributed by atoms with Crippen LogP contribution in [0.5, 0.6) is 0 Å². The first-order valence-corrected chi connectivity index (χ1v) is 17.3. The van der Waals surface area contributed by atoms with Gasteiger partial charge in [0.15, 0.2) is 11.2 Å². The molecule has 0 spiro atoms. The van der Waals surface area contributed by atoms with Crippen molar-refractivity contribution in [1.82, 2.24) is 9.13 Å². The van der Waals surface area contributed by atoms with Crippen LogP contribution in [0.2, 0.25) is 0 Å². The largest absolute Gasteiger partial charge is 0.450 e. The van der Waals surface area contributed by atoms with Crippen LogP contribution in [-0.2, 0) is 0 Å². The highest BCUT2D eigenvalue weighted by atomic mass is 32.1. The molecule has 0 aliphatic carbocycles. The number of aromatic nitrogens is 2. The van der Waals surface area contributed by atoms with Gasteiger partial charge in [-0.25, -0.2) is 0 Å². The van der Waals surface area contributed by atoms with E-state index in [1.54, 1.807) is 0 Å². The first kappa shape index (κ1) is 25.0. The highest BCUT2D eigenvalue weighted by Gasteiger charge is 2.28. The van der Waals surface area contributed by atoms with Gasteiger partial charge in [-0.3, -0.25) is 0 Å². The molecule has 10 aromatic rings. The third-order valence-corrected chi connectivity index (χ3v) is 12.7. The zero-order chi connectivity index (χ0) is 29.4. The molecule has 0 amide bonds. The van der Waals surface area contributed by atoms with E-state index in [4.69, 9.17) is 4.42 Å². The fourth-order valence-electron chi connectivity index (χ4n) is 6.88. The third-order valence-electron chi connectivity index (χ3n) is 9.01. The second-order valence-corrected chi connectivity index (χ2v) is 15.2. The Kier molecular flexibility index (Phi) is 4.91. The fraction of sp³-hybridized carbons (Fsp3) is 0.105. The van der Waals surface area contributed by atoms with Crippen LogP contribution in [0.25, 0.3) is 83.6 Å². The Bertz CT molecular complexity index is 2790. The predicted octanol–water partition coefficient (Wildman–Crippen LogP) is 12.4. The van der Waals surface area contributed by atoms with Crippen molar-refractivity contribution in [1.29, 1.82) is 0 Å². The Hall–Kier alpha value is -4.36. The number of furan rings is 1. The maximum absolute atomic E-state index is 7.00. The van der Waals surface area contributed by atoms with E-state index in [0.29, 0.717) is 0 Å². The molecule has 10 rings (SSSR count). The number of thiophene rings is 3. The Morgan fingerprint density at radius 2 is 1.05 bits per heavy atom. The average Bonchev–Trinajstić information content (AvgIpc) is 3.82. The SMILES string of the molecule is Cc1ccc(-n2c3cc(C)ccc3c3sc4c5oc6c7sc8cc(C)ccc8c7n(-c7ccc(C)cc7)c6c5sc4c32)cc1. The lowest BCUT2D eigenvalue weighted by molar-refractivity contribution is 0.678. The summed E-state index contributed by atoms with van der Waals surface area (Å²) in [6.45, 7) is 8.65. The van der Waals surface area contributed by atoms with Gasteiger partial charge in [-0.2, -0.15) is 0 Å². The molecule has 4 aromatic carbocycles. The molecular weight excluding hydrogens is 597 g/mol. The standard InChI is InChI=1S/C38H26N2OS3/c1-19-5-11-23(12-6-19)39-27-17-21(3)9-15-25(27)34-31(39)37-38(43-34)33-36(44-37)30-32(41-33)35-29(26-16-10-22(4)18-28(26)42-35)40(30)24-13-7-20(2)8-14-24/h5-18H,1-4H3. The van der Waals surface area contributed by atoms with Crippen LogP contribution in [0.3, 0.4) is 0 Å². The lowest BCUT2D eigenvalue weighted by Crippen LogP contribution is -1.93. The van der Waals surface area contributed by atoms with Gasteiger partial charge < -0.3 is 13.6 Å². The summed E-state index contributed by atoms with van der Waals surface area (Å²) in [6, 6.07) is 31.5. The third kappa shape index (κ3) is 3.20. The molecule has 212 valence electrons. The second-order valence-electron chi connectivity index (χ2n) is 12.1. The number of nitrogens with zero attached hydrogens (tertiary/aromatic N) is 2. The minimum absolute atomic E-state index is 1.00. The summed E-state index contributed by atoms with van der Waals surface area (Å²) < 4.78 is 19.6. The number of hydrogen-bond acceptors (Lipinski definition) is 4. The van der Waals surface area contributed by atoms with Crippen molar-refractivity contribution < 1.29 is 4.42 Å². The van der Waals surface area contributed by atoms with Crippen molar-refractivity contribution in [3.63, 3.8) is 0 Å². The molecule has 0 bridgehead atoms. The van der Waals surface area contributed by atoms with Crippen LogP contribution in [0.1, 0.15) is 22.3 Å². The molecule has 0 atom stereocenters. The van der Waals surface area contributed by atoms with Crippen LogP contribution in [0.4, 0.5) is 0 Å². The monoisotopic (exact) mass is 622 g/mol. The van der Waals surface area contributed by atoms with Crippen molar-refractivity contribution >= 4 is 106 Å². The molecule has 0 N–H and O–H groups in total. The smallest absolute Gasteiger partial charge is 0.172 e. The number of hydrogen-bond donors (Lipinski definition) is 0. The Labute approximate surface area is 264 Å². The zero-order valence-corrected chi connectivity index (χ0v) is 27.1. The van der Waals surface area contributed by atoms with Gasteiger partial charge in [0.25, 0.3) is 0 Å². The molecule has 6 aromatic heterocycles. The highest BCUT2D eigenvalue weighted by molar-refractivity contribution is 7.37. The Morgan fingerprint density at radius 3 is 1.77 bits per heavy atom. The van der Waals surface area contributed by atoms with Gasteiger partial charge in [-0.15, -0.1) is 34.0 Å². The lowest BCUT2D eigenvalue weighted by Gasteiger charge is -2.08. The predicted molar refractivity (Wildman–Crippen MR) is 192 cm³/mol. The fourth-order valence-corrected chi connectivity index (χ4v) is 10.9. The van der Waals surface area contributed by atoms with Crippen LogP contribution in [0, 0.1) is 27.7 Å². The first-order chi connectivity index (χ1) is 21.4. The zero-order valence-electron chi connectivity index (χ0n) is 24.6. The van der Waals surface area contributed by atoms with E-state index in [0.717, 1.165) is 11.2 Å². The maximum Gasteiger partial charge on any atom is 0.172 e. The van der Waals surface area contributed by atoms with E-state index in [1.165, 1.54) is 94.7 Å². The van der Waals surface area contributed by atoms with Gasteiger partial charge in [-0.05, 0) is 75.2 Å². The van der Waals surface area contributed by atoms with E-state index >= 15 is 0 Å². The minimum atomic E-state index is 1.00. The van der Waals surface area contributed by atoms with Gasteiger partial charge >= 0.3 is 0 Å². The summed E-state index contributed by atoms with van der Waals surface area (Å²) in [4.78, 5) is 0. The molecule has 0 radical (unpaired) electrons. The van der Waals surface area contributed by atoms with E-state index < -0.39 is 0 Å². The second kappa shape index (κ2) is 8.63. The minimum Gasteiger partial charge on any atom is -0.450 e. The summed E-state index contributed by atoms with van der Waals surface area (Å²) in [7, 11) is 0. The van der Waals surface area contributed by atoms with Crippen LogP contribution < -0.4 is 0 Å². The van der Waals surface area contributed by atoms with E-state index in [-0.39, 0.29) is 0 Å². The number of fused-ring (bicyclic) bond motifs is 13. The van der Waals surface area contributed by atoms with E-state index in [9.17, 15) is 0 Å². The molecule has 6 heterocycles. The van der Waals surface area contributed by atoms with Crippen LogP contribution >= 0.6 is 34.0 Å². The summed E-state index contributed by atoms with van der Waals surface area (Å²) >= 11 is 5.61. The first-order valence-electron chi connectivity index (χ1n) is 14.8. The molecule has 0 saturated heterocycles. The molecule has 3 nitrogen and oxygen atoms in total. The quantitative estimate of drug-likeness (QED) is 0.188. The summed E-state index contributed by atoms with van der Waals surface area (Å²) in [5.41, 5.74) is 14.4. The average molecular weight is 623 g/mol. The summed E-state index contributed by atoms with van der Waals surface area (Å²) in [5, 5.41) is 2.58. The Balaban J connectivity index is 1.37. The Morgan fingerprint density at radius 1 is 0.455 bits per heavy atom. The van der Waals surface area contributed by atoms with Crippen LogP contribution in [-0.4, -0.2) is 9.13 Å². The van der Waals surface area contributed by atoms with Crippen LogP contribution in [0.15, 0.2) is 89.3 Å². The number of aryl methyl sites for hydroxylation is 4. The molecule has 6 heteroatoms. The van der Waals surface area contributed by atoms with Crippen molar-refractivity contribution in [2.75, 3.05) is 0 Å². The molecule has 0 saturated carbocycles. The highest BCUT2D eigenvalue weighted by Crippen LogP contribution is 2.54. The van der Waals surface area contributed by atoms with Crippen molar-refractivity contribution in [3.05, 3.63) is 107 Å². The molecule has 0 fully saturated rings. The van der Waals surface area contributed by atoms with Crippen molar-refractivity contribution in [3.8, 4) is 11.4 Å². The van der Waals surface area contributed by atoms with Gasteiger partial charge in [0.2, 0.25) is 0 Å². The number of benzene rings is 4. The van der Waals surface area contributed by atoms with E-state index in [1.807, 2.05) is 34.0 Å². The van der Waals surface area contributed by atoms with Gasteiger partial charge in [0.05, 0.1) is 40.0 Å². The molecule has 44 heavy (non-hydrogen) atoms. The molecule has 0 unspecified atom stereocenters. The van der Waals surface area contributed by atoms with Crippen molar-refractivity contribution in [2.24, 2.45) is 0 Å². The van der Waals surface area contributed by atoms with Gasteiger partial charge in [0.1, 0.15) is 5.52 Å². The number of rotatable bonds is 2. The lowest BCUT2D eigenvalue weighted by atomic mass is 10.2. The molecular formula is C38H26N2OS3. The molecule has 0 aliphatic rings. The van der Waals surface area contributed by atoms with E-state index in [2.05, 4.69) is 122 Å².